The Hall–Kier alpha value is -1.02. The van der Waals surface area contributed by atoms with Crippen molar-refractivity contribution in [3.63, 3.8) is 0 Å². The minimum absolute atomic E-state index is 0.0878. The molecule has 16 heavy (non-hydrogen) atoms. The molecule has 0 saturated carbocycles. The summed E-state index contributed by atoms with van der Waals surface area (Å²) in [5, 5.41) is 0. The topological polar surface area (TPSA) is 35.2 Å². The molecule has 90 valence electrons. The quantitative estimate of drug-likeness (QED) is 0.848. The van der Waals surface area contributed by atoms with E-state index in [2.05, 4.69) is 39.8 Å². The van der Waals surface area contributed by atoms with Gasteiger partial charge in [0.15, 0.2) is 0 Å². The number of benzene rings is 1. The highest BCUT2D eigenvalue weighted by Gasteiger charge is 2.27. The predicted molar refractivity (Wildman–Crippen MR) is 68.9 cm³/mol. The van der Waals surface area contributed by atoms with Gasteiger partial charge in [0, 0.05) is 5.54 Å². The average molecular weight is 221 g/mol. The summed E-state index contributed by atoms with van der Waals surface area (Å²) in [5.74, 6) is 0.895. The number of hydrogen-bond acceptors (Lipinski definition) is 2. The molecule has 1 rings (SSSR count). The number of hydrogen-bond donors (Lipinski definition) is 1. The monoisotopic (exact) mass is 221 g/mol. The van der Waals surface area contributed by atoms with E-state index in [4.69, 9.17) is 10.5 Å². The van der Waals surface area contributed by atoms with Gasteiger partial charge >= 0.3 is 0 Å². The van der Waals surface area contributed by atoms with Gasteiger partial charge in [-0.15, -0.1) is 0 Å². The Morgan fingerprint density at radius 1 is 1.06 bits per heavy atom. The largest absolute Gasteiger partial charge is 0.497 e. The van der Waals surface area contributed by atoms with Crippen molar-refractivity contribution in [2.75, 3.05) is 7.11 Å². The van der Waals surface area contributed by atoms with E-state index in [9.17, 15) is 0 Å². The van der Waals surface area contributed by atoms with E-state index in [1.54, 1.807) is 7.11 Å². The van der Waals surface area contributed by atoms with Crippen LogP contribution in [0, 0.1) is 0 Å². The third-order valence-electron chi connectivity index (χ3n) is 2.77. The number of methoxy groups -OCH3 is 1. The molecular weight excluding hydrogens is 198 g/mol. The van der Waals surface area contributed by atoms with Crippen LogP contribution in [0.15, 0.2) is 24.3 Å². The first-order valence-electron chi connectivity index (χ1n) is 5.68. The lowest BCUT2D eigenvalue weighted by atomic mass is 9.75. The molecule has 0 radical (unpaired) electrons. The molecule has 0 heterocycles. The van der Waals surface area contributed by atoms with Gasteiger partial charge in [-0.25, -0.2) is 0 Å². The van der Waals surface area contributed by atoms with Crippen LogP contribution in [0.4, 0.5) is 0 Å². The molecule has 0 aliphatic carbocycles. The molecule has 1 aromatic carbocycles. The van der Waals surface area contributed by atoms with Gasteiger partial charge in [-0.1, -0.05) is 26.0 Å². The summed E-state index contributed by atoms with van der Waals surface area (Å²) >= 11 is 0. The lowest BCUT2D eigenvalue weighted by molar-refractivity contribution is 0.350. The molecule has 0 aromatic heterocycles. The molecule has 2 nitrogen and oxygen atoms in total. The Morgan fingerprint density at radius 2 is 1.56 bits per heavy atom. The summed E-state index contributed by atoms with van der Waals surface area (Å²) in [7, 11) is 1.68. The second kappa shape index (κ2) is 4.46. The van der Waals surface area contributed by atoms with Gasteiger partial charge in [-0.3, -0.25) is 0 Å². The molecule has 0 saturated heterocycles. The predicted octanol–water partition coefficient (Wildman–Crippen LogP) is 3.10. The molecule has 0 aliphatic heterocycles. The first-order chi connectivity index (χ1) is 7.24. The minimum Gasteiger partial charge on any atom is -0.497 e. The van der Waals surface area contributed by atoms with Crippen molar-refractivity contribution in [1.29, 1.82) is 0 Å². The van der Waals surface area contributed by atoms with Crippen LogP contribution >= 0.6 is 0 Å². The fraction of sp³-hybridized carbons (Fsp3) is 0.571. The molecule has 0 unspecified atom stereocenters. The van der Waals surface area contributed by atoms with Crippen molar-refractivity contribution in [3.05, 3.63) is 29.8 Å². The van der Waals surface area contributed by atoms with E-state index in [-0.39, 0.29) is 11.0 Å². The molecule has 1 aromatic rings. The maximum absolute atomic E-state index is 6.09. The zero-order valence-electron chi connectivity index (χ0n) is 11.0. The summed E-state index contributed by atoms with van der Waals surface area (Å²) in [6, 6.07) is 8.23. The highest BCUT2D eigenvalue weighted by Crippen LogP contribution is 2.32. The Kier molecular flexibility index (Phi) is 3.64. The second-order valence-electron chi connectivity index (χ2n) is 5.78. The van der Waals surface area contributed by atoms with Crippen LogP contribution in [0.25, 0.3) is 0 Å². The van der Waals surface area contributed by atoms with Crippen LogP contribution < -0.4 is 10.5 Å². The van der Waals surface area contributed by atoms with Crippen molar-refractivity contribution in [2.24, 2.45) is 5.73 Å². The van der Waals surface area contributed by atoms with Crippen LogP contribution in [0.3, 0.4) is 0 Å². The Morgan fingerprint density at radius 3 is 1.94 bits per heavy atom. The van der Waals surface area contributed by atoms with Crippen LogP contribution in [-0.2, 0) is 5.41 Å². The normalized spacial score (nSPS) is 12.6. The van der Waals surface area contributed by atoms with Gasteiger partial charge in [0.1, 0.15) is 5.75 Å². The lowest BCUT2D eigenvalue weighted by Gasteiger charge is -2.32. The Labute approximate surface area is 98.8 Å². The third-order valence-corrected chi connectivity index (χ3v) is 2.77. The van der Waals surface area contributed by atoms with Gasteiger partial charge in [0.25, 0.3) is 0 Å². The molecule has 2 N–H and O–H groups in total. The van der Waals surface area contributed by atoms with Gasteiger partial charge in [-0.05, 0) is 43.4 Å². The molecule has 0 amide bonds. The van der Waals surface area contributed by atoms with Crippen molar-refractivity contribution in [3.8, 4) is 5.75 Å². The fourth-order valence-corrected chi connectivity index (χ4v) is 2.28. The van der Waals surface area contributed by atoms with Crippen molar-refractivity contribution < 1.29 is 4.74 Å². The van der Waals surface area contributed by atoms with Crippen LogP contribution in [0.5, 0.6) is 5.75 Å². The second-order valence-corrected chi connectivity index (χ2v) is 5.78. The summed E-state index contributed by atoms with van der Waals surface area (Å²) < 4.78 is 5.16. The van der Waals surface area contributed by atoms with Crippen molar-refractivity contribution in [1.82, 2.24) is 0 Å². The summed E-state index contributed by atoms with van der Waals surface area (Å²) in [6.45, 7) is 8.59. The number of rotatable bonds is 4. The van der Waals surface area contributed by atoms with E-state index in [1.807, 2.05) is 12.1 Å². The summed E-state index contributed by atoms with van der Waals surface area (Å²) in [5.41, 5.74) is 7.33. The summed E-state index contributed by atoms with van der Waals surface area (Å²) in [6.07, 6.45) is 0.951. The molecule has 2 heteroatoms. The third kappa shape index (κ3) is 3.53. The standard InChI is InChI=1S/C14H23NO/c1-13(2,10-14(3,4)15)11-6-8-12(16-5)9-7-11/h6-9H,10,15H2,1-5H3. The van der Waals surface area contributed by atoms with E-state index < -0.39 is 0 Å². The van der Waals surface area contributed by atoms with Crippen molar-refractivity contribution >= 4 is 0 Å². The first kappa shape index (κ1) is 13.0. The molecule has 0 aliphatic rings. The number of nitrogens with two attached hydrogens (primary N) is 1. The maximum Gasteiger partial charge on any atom is 0.118 e. The zero-order valence-corrected chi connectivity index (χ0v) is 11.0. The van der Waals surface area contributed by atoms with Gasteiger partial charge in [-0.2, -0.15) is 0 Å². The van der Waals surface area contributed by atoms with Crippen molar-refractivity contribution in [2.45, 2.75) is 45.1 Å². The molecule has 0 spiro atoms. The molecular formula is C14H23NO. The molecule has 0 bridgehead atoms. The SMILES string of the molecule is COc1ccc(C(C)(C)CC(C)(C)N)cc1. The summed E-state index contributed by atoms with van der Waals surface area (Å²) in [4.78, 5) is 0. The minimum atomic E-state index is -0.149. The van der Waals surface area contributed by atoms with Crippen LogP contribution in [0.1, 0.15) is 39.7 Å². The highest BCUT2D eigenvalue weighted by molar-refractivity contribution is 5.31. The van der Waals surface area contributed by atoms with Gasteiger partial charge in [0.2, 0.25) is 0 Å². The van der Waals surface area contributed by atoms with Crippen LogP contribution in [-0.4, -0.2) is 12.6 Å². The molecule has 0 fully saturated rings. The number of ether oxygens (including phenoxy) is 1. The first-order valence-corrected chi connectivity index (χ1v) is 5.68. The Bertz CT molecular complexity index is 333. The smallest absolute Gasteiger partial charge is 0.118 e. The fourth-order valence-electron chi connectivity index (χ4n) is 2.28. The van der Waals surface area contributed by atoms with Gasteiger partial charge < -0.3 is 10.5 Å². The van der Waals surface area contributed by atoms with E-state index in [1.165, 1.54) is 5.56 Å². The van der Waals surface area contributed by atoms with E-state index in [0.717, 1.165) is 12.2 Å². The zero-order chi connectivity index (χ0) is 12.4. The average Bonchev–Trinajstić information content (AvgIpc) is 2.14. The Balaban J connectivity index is 2.89. The van der Waals surface area contributed by atoms with Crippen LogP contribution in [0.2, 0.25) is 0 Å². The van der Waals surface area contributed by atoms with E-state index >= 15 is 0 Å². The van der Waals surface area contributed by atoms with Gasteiger partial charge in [0.05, 0.1) is 7.11 Å². The van der Waals surface area contributed by atoms with E-state index in [0.29, 0.717) is 0 Å². The highest BCUT2D eigenvalue weighted by atomic mass is 16.5. The molecule has 0 atom stereocenters. The lowest BCUT2D eigenvalue weighted by Crippen LogP contribution is -2.39. The maximum atomic E-state index is 6.09.